The monoisotopic (exact) mass is 329 g/mol. The van der Waals surface area contributed by atoms with E-state index in [2.05, 4.69) is 26.2 Å². The molecule has 120 valence electrons. The zero-order valence-corrected chi connectivity index (χ0v) is 14.0. The summed E-state index contributed by atoms with van der Waals surface area (Å²) in [6.07, 6.45) is 1.96. The van der Waals surface area contributed by atoms with Crippen molar-refractivity contribution in [3.63, 3.8) is 0 Å². The lowest BCUT2D eigenvalue weighted by molar-refractivity contribution is -0.364. The number of piperazine rings is 1. The van der Waals surface area contributed by atoms with Crippen molar-refractivity contribution in [3.8, 4) is 5.75 Å². The number of pyridine rings is 1. The number of ether oxygens (including phenoxy) is 1. The second kappa shape index (κ2) is 7.28. The van der Waals surface area contributed by atoms with Crippen molar-refractivity contribution in [1.82, 2.24) is 4.90 Å². The fraction of sp³-hybridized carbons (Fsp3) is 0.294. The minimum absolute atomic E-state index is 0.759. The molecule has 0 aliphatic carbocycles. The summed E-state index contributed by atoms with van der Waals surface area (Å²) in [5.41, 5.74) is 0.952. The summed E-state index contributed by atoms with van der Waals surface area (Å²) < 4.78 is 5.24. The molecule has 0 saturated carbocycles. The van der Waals surface area contributed by atoms with Gasteiger partial charge in [0.1, 0.15) is 18.8 Å². The number of nitrogens with one attached hydrogen (secondary N) is 2. The number of nitrogens with zero attached hydrogens (tertiary/aromatic N) is 2. The molecule has 0 amide bonds. The van der Waals surface area contributed by atoms with Gasteiger partial charge < -0.3 is 15.0 Å². The molecule has 1 aliphatic heterocycles. The third kappa shape index (κ3) is 3.90. The van der Waals surface area contributed by atoms with Crippen molar-refractivity contribution >= 4 is 28.8 Å². The van der Waals surface area contributed by atoms with Crippen molar-refractivity contribution in [2.45, 2.75) is 0 Å². The van der Waals surface area contributed by atoms with Gasteiger partial charge in [0.25, 0.3) is 5.82 Å². The summed E-state index contributed by atoms with van der Waals surface area (Å²) >= 11 is 5.54. The largest absolute Gasteiger partial charge is 0.497 e. The lowest BCUT2D eigenvalue weighted by Crippen LogP contribution is -2.51. The van der Waals surface area contributed by atoms with Gasteiger partial charge in [0.2, 0.25) is 0 Å². The molecular formula is C17H21N4OS+. The van der Waals surface area contributed by atoms with E-state index in [-0.39, 0.29) is 0 Å². The molecule has 2 aromatic rings. The number of rotatable bonds is 3. The molecule has 1 aromatic carbocycles. The molecule has 1 aromatic heterocycles. The first-order valence-electron chi connectivity index (χ1n) is 7.68. The number of hydrogen-bond donors (Lipinski definition) is 1. The molecule has 0 unspecified atom stereocenters. The molecule has 1 aliphatic rings. The summed E-state index contributed by atoms with van der Waals surface area (Å²) in [6, 6.07) is 13.9. The molecular weight excluding hydrogens is 308 g/mol. The second-order valence-electron chi connectivity index (χ2n) is 5.38. The number of methoxy groups -OCH3 is 1. The van der Waals surface area contributed by atoms with Gasteiger partial charge in [0, 0.05) is 17.8 Å². The first-order chi connectivity index (χ1) is 11.3. The molecule has 0 atom stereocenters. The van der Waals surface area contributed by atoms with E-state index in [1.54, 1.807) is 7.11 Å². The molecule has 1 fully saturated rings. The van der Waals surface area contributed by atoms with E-state index in [1.807, 2.05) is 42.6 Å². The minimum Gasteiger partial charge on any atom is -0.497 e. The van der Waals surface area contributed by atoms with Crippen LogP contribution in [0.2, 0.25) is 0 Å². The van der Waals surface area contributed by atoms with E-state index < -0.39 is 0 Å². The highest BCUT2D eigenvalue weighted by Gasteiger charge is 2.24. The highest BCUT2D eigenvalue weighted by molar-refractivity contribution is 7.80. The maximum Gasteiger partial charge on any atom is 0.274 e. The molecule has 2 heterocycles. The van der Waals surface area contributed by atoms with Crippen molar-refractivity contribution in [2.75, 3.05) is 43.5 Å². The Balaban J connectivity index is 1.56. The van der Waals surface area contributed by atoms with Gasteiger partial charge in [-0.15, -0.1) is 0 Å². The fourth-order valence-electron chi connectivity index (χ4n) is 2.63. The second-order valence-corrected chi connectivity index (χ2v) is 5.77. The Morgan fingerprint density at radius 1 is 1.13 bits per heavy atom. The van der Waals surface area contributed by atoms with Gasteiger partial charge in [0.15, 0.2) is 5.11 Å². The molecule has 2 N–H and O–H groups in total. The van der Waals surface area contributed by atoms with Crippen LogP contribution in [0.3, 0.4) is 0 Å². The third-order valence-corrected chi connectivity index (χ3v) is 4.28. The molecule has 5 nitrogen and oxygen atoms in total. The Kier molecular flexibility index (Phi) is 4.92. The summed E-state index contributed by atoms with van der Waals surface area (Å²) in [5, 5.41) is 4.05. The molecule has 3 rings (SSSR count). The van der Waals surface area contributed by atoms with E-state index >= 15 is 0 Å². The number of benzene rings is 1. The Labute approximate surface area is 141 Å². The quantitative estimate of drug-likeness (QED) is 0.873. The average Bonchev–Trinajstić information content (AvgIpc) is 2.63. The van der Waals surface area contributed by atoms with Crippen LogP contribution in [0.5, 0.6) is 5.75 Å². The lowest BCUT2D eigenvalue weighted by atomic mass is 10.3. The highest BCUT2D eigenvalue weighted by atomic mass is 32.1. The van der Waals surface area contributed by atoms with Crippen molar-refractivity contribution in [2.24, 2.45) is 0 Å². The van der Waals surface area contributed by atoms with Crippen LogP contribution in [0.1, 0.15) is 0 Å². The number of aromatic nitrogens is 1. The van der Waals surface area contributed by atoms with Gasteiger partial charge in [-0.2, -0.15) is 0 Å². The molecule has 6 heteroatoms. The Bertz CT molecular complexity index is 657. The van der Waals surface area contributed by atoms with Gasteiger partial charge in [-0.3, -0.25) is 4.90 Å². The maximum absolute atomic E-state index is 5.54. The van der Waals surface area contributed by atoms with Gasteiger partial charge in [-0.25, -0.2) is 4.98 Å². The van der Waals surface area contributed by atoms with Gasteiger partial charge >= 0.3 is 0 Å². The van der Waals surface area contributed by atoms with Crippen LogP contribution in [0.15, 0.2) is 48.7 Å². The maximum atomic E-state index is 5.54. The van der Waals surface area contributed by atoms with E-state index in [0.717, 1.165) is 48.5 Å². The van der Waals surface area contributed by atoms with Crippen molar-refractivity contribution < 1.29 is 9.72 Å². The van der Waals surface area contributed by atoms with Gasteiger partial charge in [0.05, 0.1) is 26.4 Å². The predicted molar refractivity (Wildman–Crippen MR) is 96.0 cm³/mol. The number of aromatic amines is 1. The van der Waals surface area contributed by atoms with Crippen LogP contribution in [-0.2, 0) is 0 Å². The van der Waals surface area contributed by atoms with Gasteiger partial charge in [-0.1, -0.05) is 12.1 Å². The van der Waals surface area contributed by atoms with E-state index in [0.29, 0.717) is 0 Å². The molecule has 0 radical (unpaired) electrons. The molecule has 0 bridgehead atoms. The standard InChI is InChI=1S/C17H20N4OS/c1-22-15-6-4-5-14(13-15)19-17(23)21-11-9-20(10-12-21)16-7-2-3-8-18-16/h2-8,13H,9-12H2,1H3,(H,19,23)/p+1. The molecule has 1 saturated heterocycles. The van der Waals surface area contributed by atoms with Crippen LogP contribution in [0, 0.1) is 0 Å². The zero-order chi connectivity index (χ0) is 16.1. The zero-order valence-electron chi connectivity index (χ0n) is 13.2. The third-order valence-electron chi connectivity index (χ3n) is 3.92. The van der Waals surface area contributed by atoms with Crippen LogP contribution in [-0.4, -0.2) is 43.3 Å². The normalized spacial score (nSPS) is 14.5. The average molecular weight is 329 g/mol. The molecule has 0 spiro atoms. The topological polar surface area (TPSA) is 41.9 Å². The highest BCUT2D eigenvalue weighted by Crippen LogP contribution is 2.18. The first kappa shape index (κ1) is 15.6. The smallest absolute Gasteiger partial charge is 0.274 e. The Hall–Kier alpha value is -2.34. The number of anilines is 2. The van der Waals surface area contributed by atoms with Crippen LogP contribution >= 0.6 is 12.2 Å². The molecule has 23 heavy (non-hydrogen) atoms. The number of thiocarbonyl (C=S) groups is 1. The SMILES string of the molecule is COc1cccc(NC(=S)N2CCN(c3cccc[nH+]3)CC2)c1. The summed E-state index contributed by atoms with van der Waals surface area (Å²) in [5.74, 6) is 1.97. The Morgan fingerprint density at radius 3 is 2.65 bits per heavy atom. The fourth-order valence-corrected chi connectivity index (χ4v) is 2.93. The summed E-state index contributed by atoms with van der Waals surface area (Å²) in [7, 11) is 1.66. The van der Waals surface area contributed by atoms with Crippen molar-refractivity contribution in [3.05, 3.63) is 48.7 Å². The number of hydrogen-bond acceptors (Lipinski definition) is 3. The van der Waals surface area contributed by atoms with Crippen molar-refractivity contribution in [1.29, 1.82) is 0 Å². The van der Waals surface area contributed by atoms with Crippen LogP contribution in [0.4, 0.5) is 11.5 Å². The number of H-pyrrole nitrogens is 1. The Morgan fingerprint density at radius 2 is 1.96 bits per heavy atom. The minimum atomic E-state index is 0.759. The lowest BCUT2D eigenvalue weighted by Gasteiger charge is -2.32. The van der Waals surface area contributed by atoms with E-state index in [4.69, 9.17) is 17.0 Å². The van der Waals surface area contributed by atoms with Crippen LogP contribution < -0.4 is 19.9 Å². The van der Waals surface area contributed by atoms with E-state index in [9.17, 15) is 0 Å². The summed E-state index contributed by atoms with van der Waals surface area (Å²) in [6.45, 7) is 3.69. The predicted octanol–water partition coefficient (Wildman–Crippen LogP) is 2.03. The van der Waals surface area contributed by atoms with Gasteiger partial charge in [-0.05, 0) is 30.4 Å². The van der Waals surface area contributed by atoms with Crippen LogP contribution in [0.25, 0.3) is 0 Å². The van der Waals surface area contributed by atoms with E-state index in [1.165, 1.54) is 0 Å². The first-order valence-corrected chi connectivity index (χ1v) is 8.09. The summed E-state index contributed by atoms with van der Waals surface area (Å²) in [4.78, 5) is 7.82.